The molecule has 1 amide bonds. The van der Waals surface area contributed by atoms with Gasteiger partial charge in [0.15, 0.2) is 0 Å². The predicted molar refractivity (Wildman–Crippen MR) is 53.9 cm³/mol. The van der Waals surface area contributed by atoms with Crippen LogP contribution >= 0.6 is 11.6 Å². The summed E-state index contributed by atoms with van der Waals surface area (Å²) in [5, 5.41) is 3.53. The van der Waals surface area contributed by atoms with E-state index in [9.17, 15) is 4.79 Å². The average Bonchev–Trinajstić information content (AvgIpc) is 2.06. The number of anilines is 1. The molecule has 0 unspecified atom stereocenters. The van der Waals surface area contributed by atoms with Gasteiger partial charge in [0.1, 0.15) is 0 Å². The zero-order valence-electron chi connectivity index (χ0n) is 7.30. The fraction of sp³-hybridized carbons (Fsp3) is 0.222. The normalized spacial score (nSPS) is 9.69. The predicted octanol–water partition coefficient (Wildman–Crippen LogP) is 1.55. The topological polar surface area (TPSA) is 55.1 Å². The molecule has 0 atom stereocenters. The van der Waals surface area contributed by atoms with E-state index in [1.165, 1.54) is 0 Å². The first-order chi connectivity index (χ1) is 6.09. The van der Waals surface area contributed by atoms with Crippen molar-refractivity contribution in [2.75, 3.05) is 11.9 Å². The number of aryl methyl sites for hydroxylation is 1. The lowest BCUT2D eigenvalue weighted by molar-refractivity contribution is -0.116. The zero-order chi connectivity index (χ0) is 9.84. The number of nitrogens with two attached hydrogens (primary N) is 1. The first-order valence-electron chi connectivity index (χ1n) is 3.88. The Morgan fingerprint density at radius 3 is 2.92 bits per heavy atom. The largest absolute Gasteiger partial charge is 0.376 e. The van der Waals surface area contributed by atoms with E-state index in [0.29, 0.717) is 5.02 Å². The second-order valence-corrected chi connectivity index (χ2v) is 3.22. The van der Waals surface area contributed by atoms with Crippen LogP contribution in [0.15, 0.2) is 18.2 Å². The lowest BCUT2D eigenvalue weighted by Gasteiger charge is -2.07. The highest BCUT2D eigenvalue weighted by atomic mass is 35.5. The van der Waals surface area contributed by atoms with Gasteiger partial charge in [-0.1, -0.05) is 17.7 Å². The number of amides is 1. The van der Waals surface area contributed by atoms with Gasteiger partial charge < -0.3 is 11.1 Å². The molecule has 3 N–H and O–H groups in total. The molecule has 0 fully saturated rings. The highest BCUT2D eigenvalue weighted by Crippen LogP contribution is 2.19. The van der Waals surface area contributed by atoms with Crippen molar-refractivity contribution in [2.24, 2.45) is 5.73 Å². The van der Waals surface area contributed by atoms with Crippen LogP contribution in [0.25, 0.3) is 0 Å². The summed E-state index contributed by atoms with van der Waals surface area (Å²) >= 11 is 5.78. The fourth-order valence-electron chi connectivity index (χ4n) is 0.967. The van der Waals surface area contributed by atoms with Crippen molar-refractivity contribution in [3.8, 4) is 0 Å². The van der Waals surface area contributed by atoms with Crippen molar-refractivity contribution < 1.29 is 4.79 Å². The van der Waals surface area contributed by atoms with E-state index in [-0.39, 0.29) is 12.5 Å². The number of carbonyl (C=O) groups excluding carboxylic acids is 1. The minimum absolute atomic E-state index is 0.126. The van der Waals surface area contributed by atoms with Crippen molar-refractivity contribution in [1.82, 2.24) is 0 Å². The molecular formula is C9H11ClN2O. The molecule has 0 aromatic heterocycles. The second-order valence-electron chi connectivity index (χ2n) is 2.78. The summed E-state index contributed by atoms with van der Waals surface area (Å²) in [6.45, 7) is 2.06. The Balaban J connectivity index is 2.75. The summed E-state index contributed by atoms with van der Waals surface area (Å²) in [7, 11) is 0. The Kier molecular flexibility index (Phi) is 3.14. The number of rotatable bonds is 3. The number of carbonyl (C=O) groups is 1. The minimum Gasteiger partial charge on any atom is -0.376 e. The van der Waals surface area contributed by atoms with Gasteiger partial charge in [-0.15, -0.1) is 0 Å². The zero-order valence-corrected chi connectivity index (χ0v) is 8.06. The maximum atomic E-state index is 10.5. The molecule has 0 saturated heterocycles. The third-order valence-electron chi connectivity index (χ3n) is 1.65. The summed E-state index contributed by atoms with van der Waals surface area (Å²) < 4.78 is 0. The van der Waals surface area contributed by atoms with Crippen LogP contribution in [0.1, 0.15) is 5.56 Å². The summed E-state index contributed by atoms with van der Waals surface area (Å²) in [5.41, 5.74) is 6.87. The maximum Gasteiger partial charge on any atom is 0.236 e. The van der Waals surface area contributed by atoms with E-state index in [2.05, 4.69) is 5.32 Å². The molecule has 13 heavy (non-hydrogen) atoms. The van der Waals surface area contributed by atoms with E-state index in [4.69, 9.17) is 17.3 Å². The Labute approximate surface area is 81.9 Å². The van der Waals surface area contributed by atoms with Crippen LogP contribution in [0.2, 0.25) is 5.02 Å². The Morgan fingerprint density at radius 1 is 1.62 bits per heavy atom. The quantitative estimate of drug-likeness (QED) is 0.774. The van der Waals surface area contributed by atoms with E-state index in [0.717, 1.165) is 11.3 Å². The van der Waals surface area contributed by atoms with Crippen LogP contribution < -0.4 is 11.1 Å². The molecule has 1 aromatic rings. The molecule has 0 bridgehead atoms. The second kappa shape index (κ2) is 4.14. The smallest absolute Gasteiger partial charge is 0.236 e. The molecule has 0 heterocycles. The third kappa shape index (κ3) is 2.95. The SMILES string of the molecule is Cc1ccc(Cl)cc1NCC(N)=O. The summed E-state index contributed by atoms with van der Waals surface area (Å²) in [4.78, 5) is 10.5. The molecule has 1 rings (SSSR count). The standard InChI is InChI=1S/C9H11ClN2O/c1-6-2-3-7(10)4-8(6)12-5-9(11)13/h2-4,12H,5H2,1H3,(H2,11,13). The van der Waals surface area contributed by atoms with Crippen LogP contribution in [0.5, 0.6) is 0 Å². The third-order valence-corrected chi connectivity index (χ3v) is 1.89. The van der Waals surface area contributed by atoms with Crippen LogP contribution in [-0.2, 0) is 4.79 Å². The number of primary amides is 1. The van der Waals surface area contributed by atoms with E-state index < -0.39 is 0 Å². The fourth-order valence-corrected chi connectivity index (χ4v) is 1.14. The van der Waals surface area contributed by atoms with Gasteiger partial charge in [-0.3, -0.25) is 4.79 Å². The molecule has 0 saturated carbocycles. The number of benzene rings is 1. The molecule has 1 aromatic carbocycles. The van der Waals surface area contributed by atoms with Gasteiger partial charge in [0, 0.05) is 10.7 Å². The Morgan fingerprint density at radius 2 is 2.31 bits per heavy atom. The van der Waals surface area contributed by atoms with Crippen LogP contribution in [0, 0.1) is 6.92 Å². The molecule has 0 aliphatic rings. The van der Waals surface area contributed by atoms with Crippen molar-refractivity contribution in [1.29, 1.82) is 0 Å². The molecule has 0 aliphatic heterocycles. The van der Waals surface area contributed by atoms with Gasteiger partial charge in [-0.2, -0.15) is 0 Å². The van der Waals surface area contributed by atoms with Gasteiger partial charge in [-0.25, -0.2) is 0 Å². The number of hydrogen-bond donors (Lipinski definition) is 2. The first kappa shape index (κ1) is 9.86. The molecule has 3 nitrogen and oxygen atoms in total. The number of hydrogen-bond acceptors (Lipinski definition) is 2. The van der Waals surface area contributed by atoms with Gasteiger partial charge in [0.2, 0.25) is 5.91 Å². The van der Waals surface area contributed by atoms with Crippen molar-refractivity contribution in [2.45, 2.75) is 6.92 Å². The molecule has 0 spiro atoms. The van der Waals surface area contributed by atoms with Crippen molar-refractivity contribution in [3.63, 3.8) is 0 Å². The number of halogens is 1. The van der Waals surface area contributed by atoms with Gasteiger partial charge in [0.25, 0.3) is 0 Å². The van der Waals surface area contributed by atoms with Crippen LogP contribution in [0.4, 0.5) is 5.69 Å². The lowest BCUT2D eigenvalue weighted by Crippen LogP contribution is -2.22. The minimum atomic E-state index is -0.389. The number of nitrogens with one attached hydrogen (secondary N) is 1. The van der Waals surface area contributed by atoms with Crippen molar-refractivity contribution >= 4 is 23.2 Å². The molecule has 0 aliphatic carbocycles. The summed E-state index contributed by atoms with van der Waals surface area (Å²) in [5.74, 6) is -0.389. The monoisotopic (exact) mass is 198 g/mol. The molecule has 70 valence electrons. The Bertz CT molecular complexity index is 325. The first-order valence-corrected chi connectivity index (χ1v) is 4.25. The Hall–Kier alpha value is -1.22. The van der Waals surface area contributed by atoms with E-state index in [1.807, 2.05) is 13.0 Å². The highest BCUT2D eigenvalue weighted by Gasteiger charge is 1.99. The van der Waals surface area contributed by atoms with E-state index in [1.54, 1.807) is 12.1 Å². The molecule has 4 heteroatoms. The van der Waals surface area contributed by atoms with Crippen LogP contribution in [-0.4, -0.2) is 12.5 Å². The van der Waals surface area contributed by atoms with E-state index >= 15 is 0 Å². The maximum absolute atomic E-state index is 10.5. The lowest BCUT2D eigenvalue weighted by atomic mass is 10.2. The average molecular weight is 199 g/mol. The van der Waals surface area contributed by atoms with Crippen molar-refractivity contribution in [3.05, 3.63) is 28.8 Å². The van der Waals surface area contributed by atoms with Gasteiger partial charge in [0.05, 0.1) is 6.54 Å². The summed E-state index contributed by atoms with van der Waals surface area (Å²) in [6.07, 6.45) is 0. The molecule has 0 radical (unpaired) electrons. The highest BCUT2D eigenvalue weighted by molar-refractivity contribution is 6.30. The van der Waals surface area contributed by atoms with Gasteiger partial charge >= 0.3 is 0 Å². The van der Waals surface area contributed by atoms with Gasteiger partial charge in [-0.05, 0) is 24.6 Å². The van der Waals surface area contributed by atoms with Crippen LogP contribution in [0.3, 0.4) is 0 Å². The molecular weight excluding hydrogens is 188 g/mol. The summed E-state index contributed by atoms with van der Waals surface area (Å²) in [6, 6.07) is 5.44.